The Morgan fingerprint density at radius 1 is 0.778 bits per heavy atom. The van der Waals surface area contributed by atoms with Gasteiger partial charge in [-0.05, 0) is 12.3 Å². The molecular weight excluding hydrogens is 338 g/mol. The van der Waals surface area contributed by atoms with Crippen LogP contribution in [0.5, 0.6) is 0 Å². The zero-order valence-electron chi connectivity index (χ0n) is 18.6. The second-order valence-electron chi connectivity index (χ2n) is 8.32. The van der Waals surface area contributed by atoms with E-state index >= 15 is 0 Å². The molecule has 1 amide bonds. The summed E-state index contributed by atoms with van der Waals surface area (Å²) in [6, 6.07) is 0. The van der Waals surface area contributed by atoms with E-state index in [2.05, 4.69) is 6.92 Å². The molecule has 0 saturated heterocycles. The lowest BCUT2D eigenvalue weighted by atomic mass is 10.0. The van der Waals surface area contributed by atoms with Crippen molar-refractivity contribution in [2.24, 2.45) is 5.92 Å². The number of hydrogen-bond donors (Lipinski definition) is 0. The predicted molar refractivity (Wildman–Crippen MR) is 114 cm³/mol. The van der Waals surface area contributed by atoms with Crippen molar-refractivity contribution in [2.75, 3.05) is 20.2 Å². The average molecular weight is 384 g/mol. The Morgan fingerprint density at radius 2 is 1.22 bits per heavy atom. The van der Waals surface area contributed by atoms with Gasteiger partial charge in [-0.1, -0.05) is 97.8 Å². The Labute approximate surface area is 168 Å². The van der Waals surface area contributed by atoms with Crippen molar-refractivity contribution in [3.05, 3.63) is 0 Å². The quantitative estimate of drug-likeness (QED) is 0.211. The number of hydrogen-bond acceptors (Lipinski definition) is 3. The molecule has 0 bridgehead atoms. The van der Waals surface area contributed by atoms with Crippen LogP contribution in [0.4, 0.5) is 0 Å². The number of nitrogens with zero attached hydrogens (tertiary/aromatic N) is 1. The normalized spacial score (nSPS) is 11.0. The Morgan fingerprint density at radius 3 is 1.67 bits per heavy atom. The van der Waals surface area contributed by atoms with Crippen molar-refractivity contribution in [1.82, 2.24) is 4.90 Å². The second kappa shape index (κ2) is 18.3. The first-order valence-corrected chi connectivity index (χ1v) is 11.4. The van der Waals surface area contributed by atoms with Gasteiger partial charge < -0.3 is 9.64 Å². The molecule has 0 rings (SSSR count). The minimum atomic E-state index is -0.315. The van der Waals surface area contributed by atoms with Crippen molar-refractivity contribution < 1.29 is 14.3 Å². The zero-order valence-corrected chi connectivity index (χ0v) is 18.6. The van der Waals surface area contributed by atoms with Gasteiger partial charge in [-0.15, -0.1) is 0 Å². The van der Waals surface area contributed by atoms with E-state index in [9.17, 15) is 9.59 Å². The van der Waals surface area contributed by atoms with E-state index in [0.717, 1.165) is 12.8 Å². The summed E-state index contributed by atoms with van der Waals surface area (Å²) in [6.45, 7) is 6.73. The number of carbonyl (C=O) groups excluding carboxylic acids is 2. The standard InChI is InChI=1S/C23H45NO3/c1-5-6-7-8-9-10-11-12-13-14-15-16-17-18-22(25)24(4)19-23(26)27-20-21(2)3/h21H,5-20H2,1-4H3. The maximum absolute atomic E-state index is 12.0. The van der Waals surface area contributed by atoms with Crippen LogP contribution in [0.25, 0.3) is 0 Å². The minimum absolute atomic E-state index is 0.0413. The Kier molecular flexibility index (Phi) is 17.6. The first kappa shape index (κ1) is 25.9. The molecule has 0 unspecified atom stereocenters. The van der Waals surface area contributed by atoms with Gasteiger partial charge in [0, 0.05) is 13.5 Å². The molecule has 0 aliphatic heterocycles. The van der Waals surface area contributed by atoms with Gasteiger partial charge in [-0.25, -0.2) is 0 Å². The fourth-order valence-electron chi connectivity index (χ4n) is 3.07. The van der Waals surface area contributed by atoms with Crippen LogP contribution in [0, 0.1) is 5.92 Å². The largest absolute Gasteiger partial charge is 0.464 e. The highest BCUT2D eigenvalue weighted by molar-refractivity contribution is 5.81. The monoisotopic (exact) mass is 383 g/mol. The molecule has 4 nitrogen and oxygen atoms in total. The first-order chi connectivity index (χ1) is 13.0. The van der Waals surface area contributed by atoms with Gasteiger partial charge in [0.2, 0.25) is 5.91 Å². The summed E-state index contributed by atoms with van der Waals surface area (Å²) in [5.74, 6) is 0.0465. The van der Waals surface area contributed by atoms with Crippen LogP contribution in [0.3, 0.4) is 0 Å². The minimum Gasteiger partial charge on any atom is -0.464 e. The van der Waals surface area contributed by atoms with E-state index in [1.54, 1.807) is 7.05 Å². The van der Waals surface area contributed by atoms with E-state index < -0.39 is 0 Å². The topological polar surface area (TPSA) is 46.6 Å². The number of likely N-dealkylation sites (N-methyl/N-ethyl adjacent to an activating group) is 1. The summed E-state index contributed by atoms with van der Waals surface area (Å²) in [7, 11) is 1.68. The van der Waals surface area contributed by atoms with Crippen molar-refractivity contribution in [2.45, 2.75) is 111 Å². The molecule has 0 aliphatic rings. The number of unbranched alkanes of at least 4 members (excludes halogenated alkanes) is 12. The van der Waals surface area contributed by atoms with Crippen LogP contribution in [0.15, 0.2) is 0 Å². The maximum atomic E-state index is 12.0. The highest BCUT2D eigenvalue weighted by Crippen LogP contribution is 2.13. The molecule has 0 N–H and O–H groups in total. The molecule has 27 heavy (non-hydrogen) atoms. The number of amides is 1. The smallest absolute Gasteiger partial charge is 0.325 e. The molecule has 0 aromatic heterocycles. The predicted octanol–water partition coefficient (Wildman–Crippen LogP) is 6.13. The van der Waals surface area contributed by atoms with Gasteiger partial charge in [0.25, 0.3) is 0 Å². The second-order valence-corrected chi connectivity index (χ2v) is 8.32. The van der Waals surface area contributed by atoms with Crippen LogP contribution < -0.4 is 0 Å². The molecule has 0 saturated carbocycles. The van der Waals surface area contributed by atoms with Crippen LogP contribution in [0.1, 0.15) is 111 Å². The van der Waals surface area contributed by atoms with Crippen LogP contribution in [-0.4, -0.2) is 37.0 Å². The molecule has 0 heterocycles. The SMILES string of the molecule is CCCCCCCCCCCCCCCC(=O)N(C)CC(=O)OCC(C)C. The van der Waals surface area contributed by atoms with E-state index in [1.807, 2.05) is 13.8 Å². The molecule has 0 spiro atoms. The summed E-state index contributed by atoms with van der Waals surface area (Å²) in [4.78, 5) is 25.2. The van der Waals surface area contributed by atoms with Crippen LogP contribution in [-0.2, 0) is 14.3 Å². The van der Waals surface area contributed by atoms with Gasteiger partial charge in [0.05, 0.1) is 6.61 Å². The van der Waals surface area contributed by atoms with Gasteiger partial charge in [0.15, 0.2) is 0 Å². The number of rotatable bonds is 18. The fraction of sp³-hybridized carbons (Fsp3) is 0.913. The fourth-order valence-corrected chi connectivity index (χ4v) is 3.07. The molecule has 0 aromatic carbocycles. The Bertz CT molecular complexity index is 369. The lowest BCUT2D eigenvalue weighted by Gasteiger charge is -2.16. The first-order valence-electron chi connectivity index (χ1n) is 11.4. The van der Waals surface area contributed by atoms with Crippen LogP contribution >= 0.6 is 0 Å². The average Bonchev–Trinajstić information content (AvgIpc) is 2.63. The molecule has 0 aromatic rings. The molecule has 0 aliphatic carbocycles. The lowest BCUT2D eigenvalue weighted by molar-refractivity contribution is -0.149. The van der Waals surface area contributed by atoms with E-state index in [-0.39, 0.29) is 18.4 Å². The third-order valence-corrected chi connectivity index (χ3v) is 4.86. The highest BCUT2D eigenvalue weighted by atomic mass is 16.5. The summed E-state index contributed by atoms with van der Waals surface area (Å²) in [5, 5.41) is 0. The summed E-state index contributed by atoms with van der Waals surface area (Å²) < 4.78 is 5.11. The molecule has 0 fully saturated rings. The Hall–Kier alpha value is -1.06. The van der Waals surface area contributed by atoms with Gasteiger partial charge in [-0.2, -0.15) is 0 Å². The number of esters is 1. The Balaban J connectivity index is 3.43. The summed E-state index contributed by atoms with van der Waals surface area (Å²) in [6.07, 6.45) is 17.4. The van der Waals surface area contributed by atoms with Crippen molar-refractivity contribution >= 4 is 11.9 Å². The van der Waals surface area contributed by atoms with Crippen molar-refractivity contribution in [3.8, 4) is 0 Å². The van der Waals surface area contributed by atoms with Crippen LogP contribution in [0.2, 0.25) is 0 Å². The van der Waals surface area contributed by atoms with Gasteiger partial charge >= 0.3 is 5.97 Å². The summed E-state index contributed by atoms with van der Waals surface area (Å²) in [5.41, 5.74) is 0. The van der Waals surface area contributed by atoms with Crippen molar-refractivity contribution in [1.29, 1.82) is 0 Å². The number of carbonyl (C=O) groups is 2. The van der Waals surface area contributed by atoms with Gasteiger partial charge in [-0.3, -0.25) is 9.59 Å². The van der Waals surface area contributed by atoms with E-state index in [4.69, 9.17) is 4.74 Å². The zero-order chi connectivity index (χ0) is 20.3. The van der Waals surface area contributed by atoms with E-state index in [1.165, 1.54) is 75.5 Å². The molecule has 4 heteroatoms. The molecule has 0 radical (unpaired) electrons. The third-order valence-electron chi connectivity index (χ3n) is 4.86. The number of ether oxygens (including phenoxy) is 1. The lowest BCUT2D eigenvalue weighted by Crippen LogP contribution is -2.33. The molecular formula is C23H45NO3. The molecule has 160 valence electrons. The maximum Gasteiger partial charge on any atom is 0.325 e. The summed E-state index contributed by atoms with van der Waals surface area (Å²) >= 11 is 0. The van der Waals surface area contributed by atoms with E-state index in [0.29, 0.717) is 18.9 Å². The van der Waals surface area contributed by atoms with Gasteiger partial charge in [0.1, 0.15) is 6.54 Å². The molecule has 0 atom stereocenters. The highest BCUT2D eigenvalue weighted by Gasteiger charge is 2.13. The third kappa shape index (κ3) is 18.1. The van der Waals surface area contributed by atoms with Crippen molar-refractivity contribution in [3.63, 3.8) is 0 Å².